The number of nitrogens with zero attached hydrogens (tertiary/aromatic N) is 1. The van der Waals surface area contributed by atoms with Gasteiger partial charge in [0.15, 0.2) is 0 Å². The van der Waals surface area contributed by atoms with Crippen molar-refractivity contribution >= 4 is 10.9 Å². The summed E-state index contributed by atoms with van der Waals surface area (Å²) in [7, 11) is 1.87. The van der Waals surface area contributed by atoms with Crippen LogP contribution in [0, 0.1) is 0 Å². The first-order valence-corrected chi connectivity index (χ1v) is 9.31. The van der Waals surface area contributed by atoms with Crippen LogP contribution in [-0.2, 0) is 0 Å². The Morgan fingerprint density at radius 3 is 2.26 bits per heavy atom. The van der Waals surface area contributed by atoms with Crippen molar-refractivity contribution in [1.82, 2.24) is 9.88 Å². The number of aliphatic hydroxyl groups excluding tert-OH is 1. The van der Waals surface area contributed by atoms with E-state index in [-0.39, 0.29) is 6.04 Å². The van der Waals surface area contributed by atoms with Gasteiger partial charge in [-0.3, -0.25) is 0 Å². The van der Waals surface area contributed by atoms with E-state index >= 15 is 0 Å². The fraction of sp³-hybridized carbons (Fsp3) is 0.167. The molecule has 0 saturated carbocycles. The summed E-state index contributed by atoms with van der Waals surface area (Å²) in [4.78, 5) is 0. The number of fused-ring (bicyclic) bond motifs is 1. The summed E-state index contributed by atoms with van der Waals surface area (Å²) in [5.74, 6) is 0. The van der Waals surface area contributed by atoms with Crippen LogP contribution in [0.2, 0.25) is 0 Å². The van der Waals surface area contributed by atoms with E-state index in [1.54, 1.807) is 0 Å². The molecule has 1 aromatic heterocycles. The molecule has 0 unspecified atom stereocenters. The summed E-state index contributed by atoms with van der Waals surface area (Å²) in [6.07, 6.45) is 1.55. The number of aromatic nitrogens is 1. The minimum atomic E-state index is -0.526. The molecule has 0 amide bonds. The van der Waals surface area contributed by atoms with Crippen LogP contribution in [0.15, 0.2) is 91.1 Å². The van der Waals surface area contributed by atoms with E-state index in [0.717, 1.165) is 11.1 Å². The van der Waals surface area contributed by atoms with Gasteiger partial charge in [-0.05, 0) is 41.9 Å². The van der Waals surface area contributed by atoms with Crippen molar-refractivity contribution in [2.24, 2.45) is 0 Å². The van der Waals surface area contributed by atoms with Gasteiger partial charge in [-0.2, -0.15) is 0 Å². The minimum Gasteiger partial charge on any atom is -0.389 e. The summed E-state index contributed by atoms with van der Waals surface area (Å²) in [5, 5.41) is 15.1. The topological polar surface area (TPSA) is 37.2 Å². The highest BCUT2D eigenvalue weighted by atomic mass is 16.3. The van der Waals surface area contributed by atoms with Crippen LogP contribution in [0.3, 0.4) is 0 Å². The number of likely N-dealkylation sites (N-methyl/N-ethyl adjacent to an activating group) is 1. The van der Waals surface area contributed by atoms with Crippen molar-refractivity contribution in [3.63, 3.8) is 0 Å². The van der Waals surface area contributed by atoms with Gasteiger partial charge in [0, 0.05) is 23.6 Å². The lowest BCUT2D eigenvalue weighted by Gasteiger charge is -2.26. The smallest absolute Gasteiger partial charge is 0.0912 e. The van der Waals surface area contributed by atoms with Gasteiger partial charge in [0.2, 0.25) is 0 Å². The number of rotatable bonds is 6. The molecule has 0 aliphatic heterocycles. The summed E-state index contributed by atoms with van der Waals surface area (Å²) in [5.41, 5.74) is 4.64. The highest BCUT2D eigenvalue weighted by Gasteiger charge is 2.23. The second-order valence-electron chi connectivity index (χ2n) is 6.84. The molecule has 0 aliphatic rings. The lowest BCUT2D eigenvalue weighted by molar-refractivity contribution is 0.132. The molecule has 3 aromatic carbocycles. The van der Waals surface area contributed by atoms with Gasteiger partial charge in [0.25, 0.3) is 0 Å². The predicted molar refractivity (Wildman–Crippen MR) is 112 cm³/mol. The van der Waals surface area contributed by atoms with Crippen molar-refractivity contribution in [2.45, 2.75) is 12.1 Å². The Bertz CT molecular complexity index is 1010. The lowest BCUT2D eigenvalue weighted by Crippen LogP contribution is -2.33. The second kappa shape index (κ2) is 7.78. The zero-order valence-electron chi connectivity index (χ0n) is 15.4. The van der Waals surface area contributed by atoms with Crippen molar-refractivity contribution in [3.8, 4) is 11.1 Å². The molecule has 0 spiro atoms. The Morgan fingerprint density at radius 2 is 1.56 bits per heavy atom. The number of benzene rings is 3. The van der Waals surface area contributed by atoms with Crippen molar-refractivity contribution in [3.05, 3.63) is 96.7 Å². The van der Waals surface area contributed by atoms with E-state index in [9.17, 15) is 5.11 Å². The van der Waals surface area contributed by atoms with Crippen molar-refractivity contribution in [1.29, 1.82) is 0 Å². The van der Waals surface area contributed by atoms with E-state index in [1.807, 2.05) is 31.3 Å². The van der Waals surface area contributed by atoms with Gasteiger partial charge in [-0.15, -0.1) is 0 Å². The largest absolute Gasteiger partial charge is 0.389 e. The fourth-order valence-electron chi connectivity index (χ4n) is 3.76. The predicted octanol–water partition coefficient (Wildman–Crippen LogP) is 4.48. The first-order chi connectivity index (χ1) is 13.3. The van der Waals surface area contributed by atoms with Crippen LogP contribution in [0.4, 0.5) is 0 Å². The summed E-state index contributed by atoms with van der Waals surface area (Å²) in [6, 6.07) is 29.1. The molecule has 27 heavy (non-hydrogen) atoms. The van der Waals surface area contributed by atoms with Crippen LogP contribution < -0.4 is 5.32 Å². The molecule has 0 bridgehead atoms. The van der Waals surface area contributed by atoms with Crippen molar-refractivity contribution < 1.29 is 5.11 Å². The monoisotopic (exact) mass is 356 g/mol. The Kier molecular flexibility index (Phi) is 5.05. The molecular weight excluding hydrogens is 332 g/mol. The molecular formula is C24H24N2O. The Hall–Kier alpha value is -2.88. The molecule has 4 rings (SSSR count). The van der Waals surface area contributed by atoms with E-state index in [1.165, 1.54) is 16.5 Å². The minimum absolute atomic E-state index is 0.140. The molecule has 0 radical (unpaired) electrons. The van der Waals surface area contributed by atoms with E-state index in [2.05, 4.69) is 76.7 Å². The molecule has 3 nitrogen and oxygen atoms in total. The number of hydrogen-bond acceptors (Lipinski definition) is 2. The quantitative estimate of drug-likeness (QED) is 0.534. The zero-order valence-corrected chi connectivity index (χ0v) is 15.4. The first kappa shape index (κ1) is 17.5. The zero-order chi connectivity index (χ0) is 18.6. The molecule has 2 N–H and O–H groups in total. The average molecular weight is 356 g/mol. The standard InChI is InChI=1S/C24H24N2O/c1-25-17-23(27)24(19-10-6-3-7-11-19)26-15-14-21-16-20(12-13-22(21)26)18-8-4-2-5-9-18/h2-16,23-25,27H,17H2,1H3/t23-,24+/m1/s1. The normalized spacial score (nSPS) is 13.6. The summed E-state index contributed by atoms with van der Waals surface area (Å²) in [6.45, 7) is 0.529. The Balaban J connectivity index is 1.79. The van der Waals surface area contributed by atoms with Crippen LogP contribution in [0.25, 0.3) is 22.0 Å². The summed E-state index contributed by atoms with van der Waals surface area (Å²) >= 11 is 0. The number of nitrogens with one attached hydrogen (secondary N) is 1. The van der Waals surface area contributed by atoms with Crippen LogP contribution in [-0.4, -0.2) is 29.4 Å². The number of aliphatic hydroxyl groups is 1. The molecule has 1 heterocycles. The molecule has 136 valence electrons. The highest BCUT2D eigenvalue weighted by molar-refractivity contribution is 5.86. The molecule has 0 fully saturated rings. The van der Waals surface area contributed by atoms with Gasteiger partial charge in [-0.25, -0.2) is 0 Å². The highest BCUT2D eigenvalue weighted by Crippen LogP contribution is 2.30. The van der Waals surface area contributed by atoms with Gasteiger partial charge in [0.05, 0.1) is 12.1 Å². The average Bonchev–Trinajstić information content (AvgIpc) is 3.13. The van der Waals surface area contributed by atoms with E-state index in [0.29, 0.717) is 6.54 Å². The van der Waals surface area contributed by atoms with Gasteiger partial charge < -0.3 is 15.0 Å². The summed E-state index contributed by atoms with van der Waals surface area (Å²) < 4.78 is 2.18. The Morgan fingerprint density at radius 1 is 0.852 bits per heavy atom. The van der Waals surface area contributed by atoms with E-state index in [4.69, 9.17) is 0 Å². The third-order valence-corrected chi connectivity index (χ3v) is 5.05. The third-order valence-electron chi connectivity index (χ3n) is 5.05. The third kappa shape index (κ3) is 3.52. The maximum absolute atomic E-state index is 10.8. The second-order valence-corrected chi connectivity index (χ2v) is 6.84. The molecule has 0 saturated heterocycles. The number of hydrogen-bond donors (Lipinski definition) is 2. The van der Waals surface area contributed by atoms with Crippen molar-refractivity contribution in [2.75, 3.05) is 13.6 Å². The van der Waals surface area contributed by atoms with Gasteiger partial charge in [0.1, 0.15) is 0 Å². The first-order valence-electron chi connectivity index (χ1n) is 9.31. The molecule has 3 heteroatoms. The Labute approximate surface area is 159 Å². The molecule has 2 atom stereocenters. The maximum Gasteiger partial charge on any atom is 0.0912 e. The SMILES string of the molecule is CNC[C@@H](O)[C@H](c1ccccc1)n1ccc2cc(-c3ccccc3)ccc21. The maximum atomic E-state index is 10.8. The van der Waals surface area contributed by atoms with Gasteiger partial charge >= 0.3 is 0 Å². The van der Waals surface area contributed by atoms with Crippen LogP contribution in [0.5, 0.6) is 0 Å². The van der Waals surface area contributed by atoms with Gasteiger partial charge in [-0.1, -0.05) is 66.7 Å². The van der Waals surface area contributed by atoms with E-state index < -0.39 is 6.10 Å². The molecule has 0 aliphatic carbocycles. The molecule has 4 aromatic rings. The lowest BCUT2D eigenvalue weighted by atomic mass is 10.00. The van der Waals surface area contributed by atoms with Crippen LogP contribution >= 0.6 is 0 Å². The fourth-order valence-corrected chi connectivity index (χ4v) is 3.76. The van der Waals surface area contributed by atoms with Crippen LogP contribution in [0.1, 0.15) is 11.6 Å².